The van der Waals surface area contributed by atoms with Gasteiger partial charge in [-0.25, -0.2) is 4.98 Å². The molecule has 5 heteroatoms. The fraction of sp³-hybridized carbons (Fsp3) is 0.208. The second-order valence-corrected chi connectivity index (χ2v) is 7.51. The van der Waals surface area contributed by atoms with Crippen LogP contribution in [0.15, 0.2) is 79.1 Å². The summed E-state index contributed by atoms with van der Waals surface area (Å²) in [5.41, 5.74) is 4.10. The van der Waals surface area contributed by atoms with Crippen molar-refractivity contribution in [2.75, 3.05) is 6.61 Å². The second-order valence-electron chi connectivity index (χ2n) is 7.07. The Morgan fingerprint density at radius 2 is 1.79 bits per heavy atom. The van der Waals surface area contributed by atoms with Crippen molar-refractivity contribution in [3.63, 3.8) is 0 Å². The van der Waals surface area contributed by atoms with Gasteiger partial charge in [-0.2, -0.15) is 0 Å². The third-order valence-corrected chi connectivity index (χ3v) is 5.03. The Morgan fingerprint density at radius 3 is 2.62 bits per heavy atom. The Kier molecular flexibility index (Phi) is 6.13. The van der Waals surface area contributed by atoms with Crippen molar-refractivity contribution in [2.24, 2.45) is 0 Å². The van der Waals surface area contributed by atoms with Crippen LogP contribution in [0.2, 0.25) is 5.02 Å². The lowest BCUT2D eigenvalue weighted by atomic mass is 10.1. The third-order valence-electron chi connectivity index (χ3n) is 4.80. The monoisotopic (exact) mass is 406 g/mol. The van der Waals surface area contributed by atoms with E-state index < -0.39 is 0 Å². The van der Waals surface area contributed by atoms with Gasteiger partial charge in [-0.3, -0.25) is 0 Å². The molecular formula is C24H23ClN2O2. The number of benzene rings is 2. The first-order valence-electron chi connectivity index (χ1n) is 9.65. The summed E-state index contributed by atoms with van der Waals surface area (Å²) in [4.78, 5) is 4.59. The molecule has 4 aromatic rings. The van der Waals surface area contributed by atoms with Gasteiger partial charge in [0.1, 0.15) is 6.61 Å². The quantitative estimate of drug-likeness (QED) is 0.366. The van der Waals surface area contributed by atoms with Crippen LogP contribution in [0, 0.1) is 0 Å². The van der Waals surface area contributed by atoms with Crippen LogP contribution in [0.3, 0.4) is 0 Å². The molecule has 2 aromatic carbocycles. The molecule has 0 fully saturated rings. The molecule has 4 rings (SSSR count). The zero-order valence-corrected chi connectivity index (χ0v) is 17.0. The lowest BCUT2D eigenvalue weighted by Gasteiger charge is -2.13. The minimum Gasteiger partial charge on any atom is -0.485 e. The van der Waals surface area contributed by atoms with E-state index in [1.54, 1.807) is 0 Å². The average molecular weight is 407 g/mol. The molecule has 2 heterocycles. The number of halogens is 1. The van der Waals surface area contributed by atoms with Crippen LogP contribution >= 0.6 is 11.6 Å². The van der Waals surface area contributed by atoms with Crippen molar-refractivity contribution in [2.45, 2.75) is 26.1 Å². The molecule has 1 unspecified atom stereocenters. The third kappa shape index (κ3) is 4.78. The molecule has 1 atom stereocenters. The Bertz CT molecular complexity index is 1080. The van der Waals surface area contributed by atoms with E-state index in [2.05, 4.69) is 28.4 Å². The van der Waals surface area contributed by atoms with Gasteiger partial charge < -0.3 is 13.9 Å². The minimum absolute atomic E-state index is 0.205. The van der Waals surface area contributed by atoms with Crippen LogP contribution in [0.25, 0.3) is 5.65 Å². The van der Waals surface area contributed by atoms with Gasteiger partial charge in [0, 0.05) is 29.0 Å². The highest BCUT2D eigenvalue weighted by molar-refractivity contribution is 6.30. The zero-order valence-electron chi connectivity index (χ0n) is 16.3. The normalized spacial score (nSPS) is 12.2. The van der Waals surface area contributed by atoms with Crippen LogP contribution < -0.4 is 4.74 Å². The first-order valence-corrected chi connectivity index (χ1v) is 10.0. The van der Waals surface area contributed by atoms with Gasteiger partial charge in [0.15, 0.2) is 11.4 Å². The van der Waals surface area contributed by atoms with Gasteiger partial charge in [-0.15, -0.1) is 0 Å². The first-order chi connectivity index (χ1) is 14.2. The van der Waals surface area contributed by atoms with Crippen molar-refractivity contribution >= 4 is 17.2 Å². The fourth-order valence-corrected chi connectivity index (χ4v) is 3.50. The minimum atomic E-state index is 0.205. The van der Waals surface area contributed by atoms with Crippen LogP contribution in [0.5, 0.6) is 5.75 Å². The Balaban J connectivity index is 1.43. The lowest BCUT2D eigenvalue weighted by Crippen LogP contribution is -2.07. The van der Waals surface area contributed by atoms with Gasteiger partial charge >= 0.3 is 0 Å². The number of hydrogen-bond donors (Lipinski definition) is 0. The summed E-state index contributed by atoms with van der Waals surface area (Å²) in [6.07, 6.45) is 3.91. The number of fused-ring (bicyclic) bond motifs is 1. The van der Waals surface area contributed by atoms with E-state index in [9.17, 15) is 0 Å². The number of pyridine rings is 1. The Morgan fingerprint density at radius 1 is 0.966 bits per heavy atom. The lowest BCUT2D eigenvalue weighted by molar-refractivity contribution is 0.109. The molecule has 0 aliphatic carbocycles. The van der Waals surface area contributed by atoms with E-state index in [1.807, 2.05) is 67.0 Å². The molecule has 0 bridgehead atoms. The second kappa shape index (κ2) is 9.12. The van der Waals surface area contributed by atoms with Crippen molar-refractivity contribution in [1.29, 1.82) is 0 Å². The standard InChI is InChI=1S/C24H23ClN2O2/c1-18(15-28-16-19-7-3-2-4-8-19)22-14-26-24-23(11-6-12-27(22)24)29-17-20-9-5-10-21(25)13-20/h2-14,18H,15-17H2,1H3. The topological polar surface area (TPSA) is 35.8 Å². The molecule has 0 N–H and O–H groups in total. The maximum Gasteiger partial charge on any atom is 0.179 e. The smallest absolute Gasteiger partial charge is 0.179 e. The van der Waals surface area contributed by atoms with Gasteiger partial charge in [-0.1, -0.05) is 61.0 Å². The van der Waals surface area contributed by atoms with Crippen molar-refractivity contribution in [3.05, 3.63) is 101 Å². The number of rotatable bonds is 8. The van der Waals surface area contributed by atoms with E-state index in [-0.39, 0.29) is 5.92 Å². The molecule has 148 valence electrons. The summed E-state index contributed by atoms with van der Waals surface area (Å²) in [6.45, 7) is 3.82. The molecule has 4 nitrogen and oxygen atoms in total. The highest BCUT2D eigenvalue weighted by Crippen LogP contribution is 2.25. The molecule has 2 aromatic heterocycles. The fourth-order valence-electron chi connectivity index (χ4n) is 3.28. The number of ether oxygens (including phenoxy) is 2. The Labute approximate surface area is 175 Å². The predicted molar refractivity (Wildman–Crippen MR) is 115 cm³/mol. The van der Waals surface area contributed by atoms with Gasteiger partial charge in [0.2, 0.25) is 0 Å². The summed E-state index contributed by atoms with van der Waals surface area (Å²) in [5, 5.41) is 0.705. The molecule has 0 saturated carbocycles. The molecule has 29 heavy (non-hydrogen) atoms. The summed E-state index contributed by atoms with van der Waals surface area (Å²) in [6, 6.07) is 21.8. The van der Waals surface area contributed by atoms with Gasteiger partial charge in [0.25, 0.3) is 0 Å². The first kappa shape index (κ1) is 19.5. The maximum absolute atomic E-state index is 6.06. The highest BCUT2D eigenvalue weighted by atomic mass is 35.5. The average Bonchev–Trinajstić information content (AvgIpc) is 3.18. The van der Waals surface area contributed by atoms with Gasteiger partial charge in [0.05, 0.1) is 13.2 Å². The van der Waals surface area contributed by atoms with E-state index >= 15 is 0 Å². The SMILES string of the molecule is CC(COCc1ccccc1)c1cnc2c(OCc3cccc(Cl)c3)cccn12. The van der Waals surface area contributed by atoms with E-state index in [1.165, 1.54) is 5.56 Å². The molecule has 0 aliphatic heterocycles. The summed E-state index contributed by atoms with van der Waals surface area (Å²) in [5.74, 6) is 0.952. The number of hydrogen-bond acceptors (Lipinski definition) is 3. The molecule has 0 aliphatic rings. The molecule has 0 amide bonds. The maximum atomic E-state index is 6.06. The number of nitrogens with zero attached hydrogens (tertiary/aromatic N) is 2. The van der Waals surface area contributed by atoms with Crippen molar-refractivity contribution in [3.8, 4) is 5.75 Å². The number of imidazole rings is 1. The van der Waals surface area contributed by atoms with E-state index in [0.717, 1.165) is 22.7 Å². The van der Waals surface area contributed by atoms with Crippen molar-refractivity contribution < 1.29 is 9.47 Å². The zero-order chi connectivity index (χ0) is 20.1. The summed E-state index contributed by atoms with van der Waals surface area (Å²) >= 11 is 6.06. The van der Waals surface area contributed by atoms with Crippen molar-refractivity contribution in [1.82, 2.24) is 9.38 Å². The summed E-state index contributed by atoms with van der Waals surface area (Å²) in [7, 11) is 0. The van der Waals surface area contributed by atoms with Gasteiger partial charge in [-0.05, 0) is 35.4 Å². The molecular weight excluding hydrogens is 384 g/mol. The van der Waals surface area contributed by atoms with Crippen LogP contribution in [-0.4, -0.2) is 16.0 Å². The van der Waals surface area contributed by atoms with E-state index in [0.29, 0.717) is 24.8 Å². The van der Waals surface area contributed by atoms with Crippen LogP contribution in [-0.2, 0) is 18.0 Å². The molecule has 0 radical (unpaired) electrons. The molecule has 0 saturated heterocycles. The van der Waals surface area contributed by atoms with Crippen LogP contribution in [0.4, 0.5) is 0 Å². The Hall–Kier alpha value is -2.82. The highest BCUT2D eigenvalue weighted by Gasteiger charge is 2.14. The molecule has 0 spiro atoms. The predicted octanol–water partition coefficient (Wildman–Crippen LogP) is 5.89. The largest absolute Gasteiger partial charge is 0.485 e. The number of aromatic nitrogens is 2. The van der Waals surface area contributed by atoms with Crippen LogP contribution in [0.1, 0.15) is 29.7 Å². The van der Waals surface area contributed by atoms with E-state index in [4.69, 9.17) is 21.1 Å². The summed E-state index contributed by atoms with van der Waals surface area (Å²) < 4.78 is 14.0.